The molecule has 0 bridgehead atoms. The number of anilines is 2. The molecule has 1 saturated heterocycles. The summed E-state index contributed by atoms with van der Waals surface area (Å²) in [5.74, 6) is -2.65. The van der Waals surface area contributed by atoms with Crippen molar-refractivity contribution in [3.8, 4) is 17.2 Å². The zero-order chi connectivity index (χ0) is 28.4. The first-order chi connectivity index (χ1) is 19.2. The third-order valence-electron chi connectivity index (χ3n) is 6.40. The summed E-state index contributed by atoms with van der Waals surface area (Å²) in [6.07, 6.45) is 4.39. The third kappa shape index (κ3) is 5.43. The zero-order valence-electron chi connectivity index (χ0n) is 21.6. The van der Waals surface area contributed by atoms with E-state index in [9.17, 15) is 17.6 Å². The van der Waals surface area contributed by atoms with E-state index in [4.69, 9.17) is 4.74 Å². The first kappa shape index (κ1) is 27.4. The number of rotatable bonds is 8. The largest absolute Gasteiger partial charge is 0.451 e. The van der Waals surface area contributed by atoms with Gasteiger partial charge < -0.3 is 15.0 Å². The van der Waals surface area contributed by atoms with Crippen LogP contribution in [-0.2, 0) is 10.2 Å². The molecule has 5 rings (SSSR count). The van der Waals surface area contributed by atoms with Crippen LogP contribution in [0.3, 0.4) is 0 Å². The van der Waals surface area contributed by atoms with E-state index >= 15 is 4.39 Å². The molecular formula is C25H26F2N8O4S. The third-order valence-corrected chi connectivity index (χ3v) is 7.95. The monoisotopic (exact) mass is 572 g/mol. The van der Waals surface area contributed by atoms with Gasteiger partial charge in [0.15, 0.2) is 11.6 Å². The molecule has 0 aliphatic carbocycles. The summed E-state index contributed by atoms with van der Waals surface area (Å²) in [5.41, 5.74) is -0.249. The Bertz CT molecular complexity index is 1710. The van der Waals surface area contributed by atoms with Crippen LogP contribution >= 0.6 is 0 Å². The van der Waals surface area contributed by atoms with E-state index in [0.29, 0.717) is 17.2 Å². The van der Waals surface area contributed by atoms with Crippen LogP contribution in [0.4, 0.5) is 20.4 Å². The van der Waals surface area contributed by atoms with Crippen LogP contribution in [0.2, 0.25) is 0 Å². The van der Waals surface area contributed by atoms with Gasteiger partial charge in [0.25, 0.3) is 5.56 Å². The fourth-order valence-corrected chi connectivity index (χ4v) is 4.96. The highest BCUT2D eigenvalue weighted by Crippen LogP contribution is 2.33. The summed E-state index contributed by atoms with van der Waals surface area (Å²) in [7, 11) is -2.76. The molecule has 12 nitrogen and oxygen atoms in total. The molecule has 0 amide bonds. The number of nitrogens with one attached hydrogen (secondary N) is 2. The summed E-state index contributed by atoms with van der Waals surface area (Å²) in [4.78, 5) is 28.4. The molecule has 210 valence electrons. The molecule has 2 aromatic carbocycles. The van der Waals surface area contributed by atoms with Crippen LogP contribution < -0.4 is 25.2 Å². The molecule has 0 atom stereocenters. The molecule has 0 unspecified atom stereocenters. The lowest BCUT2D eigenvalue weighted by Crippen LogP contribution is -2.44. The van der Waals surface area contributed by atoms with Gasteiger partial charge in [-0.1, -0.05) is 6.92 Å². The predicted molar refractivity (Wildman–Crippen MR) is 145 cm³/mol. The number of ether oxygens (including phenoxy) is 1. The van der Waals surface area contributed by atoms with E-state index in [1.165, 1.54) is 48.5 Å². The molecular weight excluding hydrogens is 546 g/mol. The van der Waals surface area contributed by atoms with E-state index in [2.05, 4.69) is 25.0 Å². The van der Waals surface area contributed by atoms with Crippen molar-refractivity contribution < 1.29 is 21.9 Å². The lowest BCUT2D eigenvalue weighted by molar-refractivity contribution is 0.409. The minimum absolute atomic E-state index is 0.0575. The van der Waals surface area contributed by atoms with Gasteiger partial charge in [-0.15, -0.1) is 0 Å². The van der Waals surface area contributed by atoms with Crippen molar-refractivity contribution in [3.63, 3.8) is 0 Å². The average molecular weight is 573 g/mol. The molecule has 0 saturated carbocycles. The Balaban J connectivity index is 1.45. The van der Waals surface area contributed by atoms with E-state index in [-0.39, 0.29) is 17.7 Å². The van der Waals surface area contributed by atoms with E-state index in [0.717, 1.165) is 42.6 Å². The number of nitrogens with zero attached hydrogens (tertiary/aromatic N) is 6. The standard InChI is InChI=1S/C25H26F2N8O4S/c1-3-33(2)40(37,38)32-21-7-5-19(26)23(22(21)27)39-17-4-6-20-18(12-17)24(36)35(15-31-20)16-13-29-25(30-14-16)34-10-8-28-9-11-34/h4-7,12-15,28,32H,3,8-11H2,1-2H3. The summed E-state index contributed by atoms with van der Waals surface area (Å²) >= 11 is 0. The molecule has 4 aromatic rings. The van der Waals surface area contributed by atoms with Gasteiger partial charge >= 0.3 is 10.2 Å². The van der Waals surface area contributed by atoms with E-state index < -0.39 is 38.8 Å². The molecule has 1 aliphatic heterocycles. The Morgan fingerprint density at radius 2 is 1.82 bits per heavy atom. The van der Waals surface area contributed by atoms with Gasteiger partial charge in [-0.25, -0.2) is 23.7 Å². The van der Waals surface area contributed by atoms with Crippen molar-refractivity contribution in [3.05, 3.63) is 71.0 Å². The van der Waals surface area contributed by atoms with Crippen LogP contribution in [0.15, 0.2) is 53.8 Å². The van der Waals surface area contributed by atoms with Crippen LogP contribution in [0.5, 0.6) is 11.5 Å². The van der Waals surface area contributed by atoms with E-state index in [1.54, 1.807) is 6.92 Å². The Labute approximate surface area is 228 Å². The first-order valence-electron chi connectivity index (χ1n) is 12.4. The van der Waals surface area contributed by atoms with Gasteiger partial charge in [-0.3, -0.25) is 14.1 Å². The van der Waals surface area contributed by atoms with Gasteiger partial charge in [0, 0.05) is 39.8 Å². The zero-order valence-corrected chi connectivity index (χ0v) is 22.5. The van der Waals surface area contributed by atoms with Crippen LogP contribution in [0, 0.1) is 11.6 Å². The summed E-state index contributed by atoms with van der Waals surface area (Å²) in [5, 5.41) is 3.38. The second kappa shape index (κ2) is 11.1. The lowest BCUT2D eigenvalue weighted by atomic mass is 10.2. The quantitative estimate of drug-likeness (QED) is 0.326. The Kier molecular flexibility index (Phi) is 7.60. The number of piperazine rings is 1. The fraction of sp³-hybridized carbons (Fsp3) is 0.280. The number of hydrogen-bond donors (Lipinski definition) is 2. The predicted octanol–water partition coefficient (Wildman–Crippen LogP) is 2.26. The SMILES string of the molecule is CCN(C)S(=O)(=O)Nc1ccc(F)c(Oc2ccc3ncn(-c4cnc(N5CCNCC5)nc4)c(=O)c3c2)c1F. The number of halogens is 2. The average Bonchev–Trinajstić information content (AvgIpc) is 2.97. The smallest absolute Gasteiger partial charge is 0.301 e. The van der Waals surface area contributed by atoms with Crippen LogP contribution in [-0.4, -0.2) is 72.0 Å². The van der Waals surface area contributed by atoms with Gasteiger partial charge in [0.05, 0.1) is 34.7 Å². The first-order valence-corrected chi connectivity index (χ1v) is 13.8. The summed E-state index contributed by atoms with van der Waals surface area (Å²) in [6, 6.07) is 6.00. The number of aromatic nitrogens is 4. The van der Waals surface area contributed by atoms with Crippen molar-refractivity contribution in [2.45, 2.75) is 6.92 Å². The highest BCUT2D eigenvalue weighted by atomic mass is 32.2. The molecule has 2 aromatic heterocycles. The minimum Gasteiger partial charge on any atom is -0.451 e. The Hall–Kier alpha value is -4.21. The summed E-state index contributed by atoms with van der Waals surface area (Å²) < 4.78 is 64.1. The normalized spacial score (nSPS) is 14.1. The van der Waals surface area contributed by atoms with Crippen molar-refractivity contribution in [2.75, 3.05) is 49.4 Å². The minimum atomic E-state index is -4.07. The molecule has 0 spiro atoms. The highest BCUT2D eigenvalue weighted by Gasteiger charge is 2.22. The Morgan fingerprint density at radius 3 is 2.52 bits per heavy atom. The van der Waals surface area contributed by atoms with E-state index in [1.807, 2.05) is 4.90 Å². The molecule has 3 heterocycles. The number of fused-ring (bicyclic) bond motifs is 1. The van der Waals surface area contributed by atoms with Gasteiger partial charge in [-0.05, 0) is 30.3 Å². The molecule has 1 aliphatic rings. The second-order valence-electron chi connectivity index (χ2n) is 8.94. The molecule has 40 heavy (non-hydrogen) atoms. The maximum absolute atomic E-state index is 15.2. The van der Waals surface area contributed by atoms with Gasteiger partial charge in [-0.2, -0.15) is 12.7 Å². The second-order valence-corrected chi connectivity index (χ2v) is 10.7. The van der Waals surface area contributed by atoms with Crippen molar-refractivity contribution >= 4 is 32.7 Å². The Morgan fingerprint density at radius 1 is 1.10 bits per heavy atom. The maximum Gasteiger partial charge on any atom is 0.301 e. The molecule has 0 radical (unpaired) electrons. The van der Waals surface area contributed by atoms with Crippen molar-refractivity contribution in [2.24, 2.45) is 0 Å². The summed E-state index contributed by atoms with van der Waals surface area (Å²) in [6.45, 7) is 4.93. The maximum atomic E-state index is 15.2. The van der Waals surface area contributed by atoms with Crippen LogP contribution in [0.1, 0.15) is 6.92 Å². The molecule has 15 heteroatoms. The van der Waals surface area contributed by atoms with Gasteiger partial charge in [0.2, 0.25) is 11.7 Å². The molecule has 2 N–H and O–H groups in total. The number of hydrogen-bond acceptors (Lipinski definition) is 9. The number of benzene rings is 2. The fourth-order valence-electron chi connectivity index (χ4n) is 4.03. The lowest BCUT2D eigenvalue weighted by Gasteiger charge is -2.27. The topological polar surface area (TPSA) is 135 Å². The van der Waals surface area contributed by atoms with Crippen LogP contribution in [0.25, 0.3) is 16.6 Å². The molecule has 1 fully saturated rings. The van der Waals surface area contributed by atoms with Crippen molar-refractivity contribution in [1.29, 1.82) is 0 Å². The van der Waals surface area contributed by atoms with Crippen molar-refractivity contribution in [1.82, 2.24) is 29.1 Å². The van der Waals surface area contributed by atoms with Gasteiger partial charge in [0.1, 0.15) is 12.1 Å². The highest BCUT2D eigenvalue weighted by molar-refractivity contribution is 7.90.